The van der Waals surface area contributed by atoms with E-state index in [1.165, 1.54) is 18.2 Å². The molecule has 2 aromatic rings. The summed E-state index contributed by atoms with van der Waals surface area (Å²) in [6.07, 6.45) is -4.03. The van der Waals surface area contributed by atoms with E-state index in [0.29, 0.717) is 12.0 Å². The monoisotopic (exact) mass is 269 g/mol. The molecule has 0 bridgehead atoms. The summed E-state index contributed by atoms with van der Waals surface area (Å²) >= 11 is 0. The molecule has 2 aromatic carbocycles. The van der Waals surface area contributed by atoms with E-state index in [9.17, 15) is 17.6 Å². The highest BCUT2D eigenvalue weighted by atomic mass is 19.4. The maximum absolute atomic E-state index is 12.7. The molecule has 0 fully saturated rings. The van der Waals surface area contributed by atoms with E-state index in [-0.39, 0.29) is 11.5 Å². The van der Waals surface area contributed by atoms with Gasteiger partial charge in [0.2, 0.25) is 0 Å². The van der Waals surface area contributed by atoms with Crippen LogP contribution >= 0.6 is 0 Å². The average molecular weight is 269 g/mol. The predicted molar refractivity (Wildman–Crippen MR) is 65.1 cm³/mol. The molecule has 2 N–H and O–H groups in total. The summed E-state index contributed by atoms with van der Waals surface area (Å²) in [5.74, 6) is -0.357. The number of nitrogens with two attached hydrogens (primary N) is 1. The van der Waals surface area contributed by atoms with Gasteiger partial charge in [-0.15, -0.1) is 0 Å². The van der Waals surface area contributed by atoms with Crippen molar-refractivity contribution in [3.8, 4) is 0 Å². The third kappa shape index (κ3) is 3.24. The molecule has 0 amide bonds. The van der Waals surface area contributed by atoms with Crippen molar-refractivity contribution in [2.24, 2.45) is 0 Å². The van der Waals surface area contributed by atoms with Gasteiger partial charge in [-0.2, -0.15) is 13.2 Å². The Labute approximate surface area is 107 Å². The Hall–Kier alpha value is -2.04. The van der Waals surface area contributed by atoms with Gasteiger partial charge in [-0.1, -0.05) is 18.2 Å². The second-order valence-electron chi connectivity index (χ2n) is 4.21. The molecule has 19 heavy (non-hydrogen) atoms. The Morgan fingerprint density at radius 1 is 0.947 bits per heavy atom. The quantitative estimate of drug-likeness (QED) is 0.646. The molecule has 5 heteroatoms. The minimum absolute atomic E-state index is 0.0825. The highest BCUT2D eigenvalue weighted by Gasteiger charge is 2.30. The van der Waals surface area contributed by atoms with Crippen LogP contribution in [-0.4, -0.2) is 0 Å². The largest absolute Gasteiger partial charge is 0.416 e. The van der Waals surface area contributed by atoms with Crippen molar-refractivity contribution in [1.82, 2.24) is 0 Å². The molecule has 0 spiro atoms. The minimum Gasteiger partial charge on any atom is -0.398 e. The topological polar surface area (TPSA) is 26.0 Å². The van der Waals surface area contributed by atoms with Crippen LogP contribution in [0.1, 0.15) is 16.7 Å². The van der Waals surface area contributed by atoms with Crippen LogP contribution < -0.4 is 5.73 Å². The molecule has 0 heterocycles. The summed E-state index contributed by atoms with van der Waals surface area (Å²) in [5, 5.41) is 0. The summed E-state index contributed by atoms with van der Waals surface area (Å²) in [4.78, 5) is 0. The van der Waals surface area contributed by atoms with E-state index >= 15 is 0 Å². The number of anilines is 1. The molecule has 0 unspecified atom stereocenters. The van der Waals surface area contributed by atoms with E-state index in [1.807, 2.05) is 0 Å². The fraction of sp³-hybridized carbons (Fsp3) is 0.143. The fourth-order valence-corrected chi connectivity index (χ4v) is 1.75. The van der Waals surface area contributed by atoms with Crippen molar-refractivity contribution in [2.75, 3.05) is 5.73 Å². The van der Waals surface area contributed by atoms with Crippen LogP contribution in [0.2, 0.25) is 0 Å². The number of rotatable bonds is 2. The van der Waals surface area contributed by atoms with Crippen LogP contribution in [0.3, 0.4) is 0 Å². The van der Waals surface area contributed by atoms with Crippen LogP contribution in [-0.2, 0) is 12.6 Å². The zero-order valence-corrected chi connectivity index (χ0v) is 9.84. The molecular weight excluding hydrogens is 258 g/mol. The normalized spacial score (nSPS) is 11.6. The first kappa shape index (κ1) is 13.4. The molecule has 0 aliphatic heterocycles. The summed E-state index contributed by atoms with van der Waals surface area (Å²) < 4.78 is 50.2. The Kier molecular flexibility index (Phi) is 3.46. The van der Waals surface area contributed by atoms with Crippen molar-refractivity contribution in [3.63, 3.8) is 0 Å². The molecule has 0 saturated heterocycles. The second-order valence-corrected chi connectivity index (χ2v) is 4.21. The molecule has 1 nitrogen and oxygen atoms in total. The highest BCUT2D eigenvalue weighted by Crippen LogP contribution is 2.31. The van der Waals surface area contributed by atoms with Crippen LogP contribution in [0.15, 0.2) is 42.5 Å². The molecule has 100 valence electrons. The first-order valence-corrected chi connectivity index (χ1v) is 5.56. The van der Waals surface area contributed by atoms with Gasteiger partial charge in [0, 0.05) is 5.69 Å². The zero-order chi connectivity index (χ0) is 14.0. The van der Waals surface area contributed by atoms with Crippen molar-refractivity contribution >= 4 is 5.69 Å². The lowest BCUT2D eigenvalue weighted by Crippen LogP contribution is -2.07. The third-order valence-corrected chi connectivity index (χ3v) is 2.78. The van der Waals surface area contributed by atoms with E-state index < -0.39 is 11.7 Å². The molecule has 0 saturated carbocycles. The minimum atomic E-state index is -4.40. The van der Waals surface area contributed by atoms with Gasteiger partial charge < -0.3 is 5.73 Å². The third-order valence-electron chi connectivity index (χ3n) is 2.78. The number of halogens is 4. The summed E-state index contributed by atoms with van der Waals surface area (Å²) in [6.45, 7) is 0. The fourth-order valence-electron chi connectivity index (χ4n) is 1.75. The molecule has 0 radical (unpaired) electrons. The molecule has 0 aliphatic carbocycles. The number of nitrogen functional groups attached to an aromatic ring is 1. The zero-order valence-electron chi connectivity index (χ0n) is 9.84. The van der Waals surface area contributed by atoms with Crippen LogP contribution in [0.4, 0.5) is 23.2 Å². The van der Waals surface area contributed by atoms with E-state index in [1.54, 1.807) is 12.1 Å². The van der Waals surface area contributed by atoms with Crippen molar-refractivity contribution in [1.29, 1.82) is 0 Å². The van der Waals surface area contributed by atoms with Crippen molar-refractivity contribution < 1.29 is 17.6 Å². The predicted octanol–water partition coefficient (Wildman–Crippen LogP) is 4.02. The standard InChI is InChI=1S/C14H11F4N/c15-12-5-1-9(2-6-12)7-10-3-4-11(8-13(10)19)14(16,17)18/h1-6,8H,7,19H2. The van der Waals surface area contributed by atoms with Gasteiger partial charge in [0.15, 0.2) is 0 Å². The van der Waals surface area contributed by atoms with Gasteiger partial charge in [0.05, 0.1) is 5.56 Å². The van der Waals surface area contributed by atoms with Crippen molar-refractivity contribution in [3.05, 3.63) is 65.0 Å². The Morgan fingerprint density at radius 2 is 1.58 bits per heavy atom. The van der Waals surface area contributed by atoms with Crippen molar-refractivity contribution in [2.45, 2.75) is 12.6 Å². The maximum Gasteiger partial charge on any atom is 0.416 e. The van der Waals surface area contributed by atoms with E-state index in [2.05, 4.69) is 0 Å². The Balaban J connectivity index is 2.24. The molecule has 2 rings (SSSR count). The first-order chi connectivity index (χ1) is 8.86. The van der Waals surface area contributed by atoms with E-state index in [0.717, 1.165) is 17.7 Å². The smallest absolute Gasteiger partial charge is 0.398 e. The highest BCUT2D eigenvalue weighted by molar-refractivity contribution is 5.51. The van der Waals surface area contributed by atoms with Gasteiger partial charge in [-0.25, -0.2) is 4.39 Å². The lowest BCUT2D eigenvalue weighted by Gasteiger charge is -2.11. The van der Waals surface area contributed by atoms with Crippen LogP contribution in [0.5, 0.6) is 0 Å². The van der Waals surface area contributed by atoms with Gasteiger partial charge in [0.25, 0.3) is 0 Å². The van der Waals surface area contributed by atoms with Gasteiger partial charge in [-0.3, -0.25) is 0 Å². The summed E-state index contributed by atoms with van der Waals surface area (Å²) in [6, 6.07) is 9.01. The Morgan fingerprint density at radius 3 is 2.11 bits per heavy atom. The summed E-state index contributed by atoms with van der Waals surface area (Å²) in [7, 11) is 0. The lowest BCUT2D eigenvalue weighted by molar-refractivity contribution is -0.137. The second kappa shape index (κ2) is 4.91. The molecule has 0 aromatic heterocycles. The number of benzene rings is 2. The number of hydrogen-bond acceptors (Lipinski definition) is 1. The number of alkyl halides is 3. The Bertz CT molecular complexity index is 573. The van der Waals surface area contributed by atoms with Crippen LogP contribution in [0, 0.1) is 5.82 Å². The average Bonchev–Trinajstić information content (AvgIpc) is 2.33. The molecule has 0 atom stereocenters. The van der Waals surface area contributed by atoms with Crippen LogP contribution in [0.25, 0.3) is 0 Å². The first-order valence-electron chi connectivity index (χ1n) is 5.56. The summed E-state index contributed by atoms with van der Waals surface area (Å²) in [5.41, 5.74) is 6.30. The van der Waals surface area contributed by atoms with Gasteiger partial charge in [-0.05, 0) is 41.8 Å². The molecular formula is C14H11F4N. The maximum atomic E-state index is 12.7. The lowest BCUT2D eigenvalue weighted by atomic mass is 10.0. The van der Waals surface area contributed by atoms with Gasteiger partial charge in [0.1, 0.15) is 5.82 Å². The molecule has 0 aliphatic rings. The van der Waals surface area contributed by atoms with Gasteiger partial charge >= 0.3 is 6.18 Å². The number of hydrogen-bond donors (Lipinski definition) is 1. The van der Waals surface area contributed by atoms with E-state index in [4.69, 9.17) is 5.73 Å². The SMILES string of the molecule is Nc1cc(C(F)(F)F)ccc1Cc1ccc(F)cc1.